The monoisotopic (exact) mass is 294 g/mol. The number of nitrogens with zero attached hydrogens (tertiary/aromatic N) is 2. The normalized spacial score (nSPS) is 5.53. The fourth-order valence-corrected chi connectivity index (χ4v) is 0.642. The molecule has 0 fully saturated rings. The van der Waals surface area contributed by atoms with E-state index in [1.165, 1.54) is 10.8 Å². The molecule has 0 aliphatic heterocycles. The molecule has 17 heavy (non-hydrogen) atoms. The summed E-state index contributed by atoms with van der Waals surface area (Å²) in [6.45, 7) is 0. The minimum atomic E-state index is 0. The minimum absolute atomic E-state index is 0. The van der Waals surface area contributed by atoms with Gasteiger partial charge in [0.25, 0.3) is 0 Å². The van der Waals surface area contributed by atoms with Crippen molar-refractivity contribution in [3.05, 3.63) is 60.7 Å². The quantitative estimate of drug-likeness (QED) is 0.324. The molecule has 0 heterocycles. The number of hydrogen-bond acceptors (Lipinski definition) is 4. The van der Waals surface area contributed by atoms with Gasteiger partial charge < -0.3 is 25.3 Å². The SMILES string of the molecule is N#C[S-].N#C[S-].[Ti+4].c1cc[cH-]c1.c1cc[cH-]c1. The van der Waals surface area contributed by atoms with Gasteiger partial charge in [-0.2, -0.15) is 36.4 Å². The van der Waals surface area contributed by atoms with Crippen LogP contribution < -0.4 is 0 Å². The predicted molar refractivity (Wildman–Crippen MR) is 70.0 cm³/mol. The summed E-state index contributed by atoms with van der Waals surface area (Å²) in [5.74, 6) is 0. The average molecular weight is 294 g/mol. The molecule has 0 saturated carbocycles. The molecular weight excluding hydrogens is 284 g/mol. The van der Waals surface area contributed by atoms with Gasteiger partial charge in [-0.3, -0.25) is 0 Å². The molecule has 0 N–H and O–H groups in total. The third-order valence-corrected chi connectivity index (χ3v) is 1.11. The molecule has 0 aromatic heterocycles. The molecule has 0 amide bonds. The van der Waals surface area contributed by atoms with E-state index in [4.69, 9.17) is 10.5 Å². The van der Waals surface area contributed by atoms with Crippen LogP contribution in [0.25, 0.3) is 0 Å². The zero-order valence-electron chi connectivity index (χ0n) is 8.98. The Bertz CT molecular complexity index is 285. The van der Waals surface area contributed by atoms with E-state index in [2.05, 4.69) is 25.3 Å². The average Bonchev–Trinajstić information content (AvgIpc) is 3.00. The first-order valence-corrected chi connectivity index (χ1v) is 5.01. The van der Waals surface area contributed by atoms with E-state index in [-0.39, 0.29) is 21.7 Å². The smallest absolute Gasteiger partial charge is 0.696 e. The van der Waals surface area contributed by atoms with E-state index < -0.39 is 0 Å². The van der Waals surface area contributed by atoms with E-state index in [9.17, 15) is 0 Å². The van der Waals surface area contributed by atoms with Gasteiger partial charge in [-0.15, -0.1) is 0 Å². The van der Waals surface area contributed by atoms with Gasteiger partial charge in [0, 0.05) is 0 Å². The molecule has 0 radical (unpaired) electrons. The van der Waals surface area contributed by atoms with Crippen LogP contribution in [-0.4, -0.2) is 0 Å². The maximum atomic E-state index is 7.13. The summed E-state index contributed by atoms with van der Waals surface area (Å²) < 4.78 is 0. The largest absolute Gasteiger partial charge is 4.00 e. The Morgan fingerprint density at radius 1 is 0.706 bits per heavy atom. The van der Waals surface area contributed by atoms with Crippen LogP contribution >= 0.6 is 0 Å². The van der Waals surface area contributed by atoms with Gasteiger partial charge >= 0.3 is 21.7 Å². The zero-order chi connectivity index (χ0) is 12.5. The molecule has 2 nitrogen and oxygen atoms in total. The fraction of sp³-hybridized carbons (Fsp3) is 0. The van der Waals surface area contributed by atoms with Crippen LogP contribution in [0.15, 0.2) is 60.7 Å². The molecule has 2 aromatic carbocycles. The second-order valence-corrected chi connectivity index (χ2v) is 2.47. The van der Waals surface area contributed by atoms with E-state index in [1.54, 1.807) is 0 Å². The van der Waals surface area contributed by atoms with Crippen LogP contribution in [0.3, 0.4) is 0 Å². The van der Waals surface area contributed by atoms with E-state index in [0.717, 1.165) is 0 Å². The molecule has 0 unspecified atom stereocenters. The Hall–Kier alpha value is -1.17. The Labute approximate surface area is 128 Å². The standard InChI is InChI=1S/2C5H5.2CHNS.Ti/c2*1-2-4-5-3-1;2*2-1-3;/h2*1-5H;2*3H;/q2*-1;;;+4/p-2. The molecule has 84 valence electrons. The van der Waals surface area contributed by atoms with Crippen LogP contribution in [0, 0.1) is 21.3 Å². The Balaban J connectivity index is -0.000000157. The molecule has 0 spiro atoms. The molecule has 0 atom stereocenters. The molecular formula is C12H10N2S2Ti. The summed E-state index contributed by atoms with van der Waals surface area (Å²) >= 11 is 7.40. The van der Waals surface area contributed by atoms with Crippen molar-refractivity contribution >= 4 is 25.3 Å². The predicted octanol–water partition coefficient (Wildman–Crippen LogP) is 2.84. The molecule has 0 bridgehead atoms. The van der Waals surface area contributed by atoms with Gasteiger partial charge in [-0.1, -0.05) is 10.8 Å². The number of rotatable bonds is 0. The zero-order valence-corrected chi connectivity index (χ0v) is 12.2. The van der Waals surface area contributed by atoms with Crippen molar-refractivity contribution in [2.75, 3.05) is 0 Å². The number of hydrogen-bond donors (Lipinski definition) is 0. The van der Waals surface area contributed by atoms with Gasteiger partial charge in [-0.05, 0) is 0 Å². The molecule has 0 aliphatic rings. The minimum Gasteiger partial charge on any atom is -0.696 e. The van der Waals surface area contributed by atoms with Gasteiger partial charge in [-0.25, -0.2) is 34.8 Å². The van der Waals surface area contributed by atoms with Gasteiger partial charge in [0.15, 0.2) is 0 Å². The summed E-state index contributed by atoms with van der Waals surface area (Å²) in [5.41, 5.74) is 0. The summed E-state index contributed by atoms with van der Waals surface area (Å²) in [4.78, 5) is 0. The van der Waals surface area contributed by atoms with Crippen molar-refractivity contribution in [1.29, 1.82) is 10.5 Å². The van der Waals surface area contributed by atoms with Crippen molar-refractivity contribution in [2.24, 2.45) is 0 Å². The second kappa shape index (κ2) is 24.2. The van der Waals surface area contributed by atoms with Crippen molar-refractivity contribution in [3.63, 3.8) is 0 Å². The summed E-state index contributed by atoms with van der Waals surface area (Å²) in [6.07, 6.45) is 0. The Kier molecular flexibility index (Phi) is 30.1. The third-order valence-electron chi connectivity index (χ3n) is 1.11. The van der Waals surface area contributed by atoms with Gasteiger partial charge in [0.2, 0.25) is 0 Å². The molecule has 2 aromatic rings. The number of nitriles is 2. The van der Waals surface area contributed by atoms with Crippen LogP contribution in [0.4, 0.5) is 0 Å². The first kappa shape index (κ1) is 21.2. The first-order chi connectivity index (χ1) is 7.83. The van der Waals surface area contributed by atoms with Crippen LogP contribution in [0.5, 0.6) is 0 Å². The third kappa shape index (κ3) is 31.3. The van der Waals surface area contributed by atoms with Crippen LogP contribution in [0.2, 0.25) is 0 Å². The van der Waals surface area contributed by atoms with E-state index in [1.807, 2.05) is 60.7 Å². The molecule has 2 rings (SSSR count). The van der Waals surface area contributed by atoms with E-state index in [0.29, 0.717) is 0 Å². The second-order valence-electron chi connectivity index (χ2n) is 2.11. The summed E-state index contributed by atoms with van der Waals surface area (Å²) in [5, 5.41) is 16.9. The Morgan fingerprint density at radius 2 is 0.882 bits per heavy atom. The van der Waals surface area contributed by atoms with E-state index >= 15 is 0 Å². The van der Waals surface area contributed by atoms with Crippen molar-refractivity contribution in [1.82, 2.24) is 0 Å². The molecule has 0 saturated heterocycles. The molecule has 5 heteroatoms. The van der Waals surface area contributed by atoms with Gasteiger partial charge in [0.1, 0.15) is 0 Å². The maximum Gasteiger partial charge on any atom is 4.00 e. The summed E-state index contributed by atoms with van der Waals surface area (Å²) in [6, 6.07) is 20.0. The first-order valence-electron chi connectivity index (χ1n) is 4.19. The van der Waals surface area contributed by atoms with Crippen molar-refractivity contribution in [2.45, 2.75) is 0 Å². The van der Waals surface area contributed by atoms with Crippen molar-refractivity contribution in [3.8, 4) is 10.8 Å². The van der Waals surface area contributed by atoms with Crippen LogP contribution in [-0.2, 0) is 47.0 Å². The topological polar surface area (TPSA) is 47.6 Å². The van der Waals surface area contributed by atoms with Crippen LogP contribution in [0.1, 0.15) is 0 Å². The van der Waals surface area contributed by atoms with Crippen molar-refractivity contribution < 1.29 is 21.7 Å². The summed E-state index contributed by atoms with van der Waals surface area (Å²) in [7, 11) is 0. The fourth-order valence-electron chi connectivity index (χ4n) is 0.642. The number of thiocyanates is 2. The van der Waals surface area contributed by atoms with Gasteiger partial charge in [0.05, 0.1) is 0 Å². The maximum absolute atomic E-state index is 7.13. The Morgan fingerprint density at radius 3 is 0.941 bits per heavy atom. The molecule has 0 aliphatic carbocycles.